The number of amides is 3. The third-order valence-electron chi connectivity index (χ3n) is 5.29. The van der Waals surface area contributed by atoms with Crippen molar-refractivity contribution in [3.63, 3.8) is 0 Å². The van der Waals surface area contributed by atoms with Gasteiger partial charge >= 0.3 is 0 Å². The van der Waals surface area contributed by atoms with Gasteiger partial charge in [0.2, 0.25) is 11.8 Å². The Hall–Kier alpha value is -3.29. The van der Waals surface area contributed by atoms with Gasteiger partial charge in [0.1, 0.15) is 23.7 Å². The van der Waals surface area contributed by atoms with E-state index in [1.165, 1.54) is 40.1 Å². The molecule has 4 rings (SSSR count). The molecule has 2 heterocycles. The molecule has 2 saturated heterocycles. The van der Waals surface area contributed by atoms with Gasteiger partial charge in [-0.15, -0.1) is 0 Å². The maximum absolute atomic E-state index is 13.4. The predicted molar refractivity (Wildman–Crippen MR) is 99.8 cm³/mol. The van der Waals surface area contributed by atoms with Crippen molar-refractivity contribution in [2.75, 3.05) is 19.6 Å². The van der Waals surface area contributed by atoms with Gasteiger partial charge in [-0.05, 0) is 35.9 Å². The lowest BCUT2D eigenvalue weighted by atomic mass is 9.98. The zero-order valence-corrected chi connectivity index (χ0v) is 15.5. The topological polar surface area (TPSA) is 69.7 Å². The summed E-state index contributed by atoms with van der Waals surface area (Å²) in [7, 11) is 0. The van der Waals surface area contributed by atoms with Crippen LogP contribution in [0.4, 0.5) is 8.78 Å². The SMILES string of the molecule is O=C1NC(Cc2ccc(F)cc2)C(=O)N2CCN(C(=O)c3cccc(F)c3)CC12. The molecular weight excluding hydrogens is 380 g/mol. The first-order valence-electron chi connectivity index (χ1n) is 9.32. The summed E-state index contributed by atoms with van der Waals surface area (Å²) in [6.07, 6.45) is 0.264. The Morgan fingerprint density at radius 1 is 1.03 bits per heavy atom. The normalized spacial score (nSPS) is 21.6. The Bertz CT molecular complexity index is 964. The van der Waals surface area contributed by atoms with E-state index < -0.39 is 17.9 Å². The van der Waals surface area contributed by atoms with Crippen molar-refractivity contribution in [3.8, 4) is 0 Å². The zero-order valence-electron chi connectivity index (χ0n) is 15.5. The van der Waals surface area contributed by atoms with Gasteiger partial charge < -0.3 is 15.1 Å². The summed E-state index contributed by atoms with van der Waals surface area (Å²) in [6, 6.07) is 9.65. The van der Waals surface area contributed by atoms with Crippen LogP contribution in [0.3, 0.4) is 0 Å². The molecule has 2 aromatic rings. The number of piperazine rings is 2. The zero-order chi connectivity index (χ0) is 20.5. The molecule has 0 radical (unpaired) electrons. The van der Waals surface area contributed by atoms with E-state index >= 15 is 0 Å². The smallest absolute Gasteiger partial charge is 0.254 e. The van der Waals surface area contributed by atoms with Gasteiger partial charge in [0.25, 0.3) is 5.91 Å². The molecule has 2 atom stereocenters. The molecule has 8 heteroatoms. The highest BCUT2D eigenvalue weighted by Crippen LogP contribution is 2.20. The highest BCUT2D eigenvalue weighted by atomic mass is 19.1. The molecule has 0 spiro atoms. The summed E-state index contributed by atoms with van der Waals surface area (Å²) in [4.78, 5) is 41.1. The number of rotatable bonds is 3. The molecule has 0 bridgehead atoms. The van der Waals surface area contributed by atoms with Crippen molar-refractivity contribution in [1.29, 1.82) is 0 Å². The molecule has 2 aliphatic rings. The fourth-order valence-electron chi connectivity index (χ4n) is 3.78. The van der Waals surface area contributed by atoms with Gasteiger partial charge in [0, 0.05) is 25.1 Å². The minimum atomic E-state index is -0.779. The fourth-order valence-corrected chi connectivity index (χ4v) is 3.78. The molecule has 0 saturated carbocycles. The molecule has 150 valence electrons. The monoisotopic (exact) mass is 399 g/mol. The predicted octanol–water partition coefficient (Wildman–Crippen LogP) is 1.36. The average molecular weight is 399 g/mol. The van der Waals surface area contributed by atoms with Crippen LogP contribution in [0.15, 0.2) is 48.5 Å². The summed E-state index contributed by atoms with van der Waals surface area (Å²) >= 11 is 0. The summed E-state index contributed by atoms with van der Waals surface area (Å²) in [5.74, 6) is -1.82. The molecule has 2 aromatic carbocycles. The Kier molecular flexibility index (Phi) is 5.00. The molecule has 2 unspecified atom stereocenters. The number of halogens is 2. The number of hydrogen-bond acceptors (Lipinski definition) is 3. The highest BCUT2D eigenvalue weighted by Gasteiger charge is 2.44. The van der Waals surface area contributed by atoms with E-state index in [4.69, 9.17) is 0 Å². The molecule has 2 aliphatic heterocycles. The second kappa shape index (κ2) is 7.62. The first kappa shape index (κ1) is 19.0. The molecule has 6 nitrogen and oxygen atoms in total. The third kappa shape index (κ3) is 3.83. The van der Waals surface area contributed by atoms with Crippen LogP contribution in [0.2, 0.25) is 0 Å². The largest absolute Gasteiger partial charge is 0.342 e. The van der Waals surface area contributed by atoms with Crippen molar-refractivity contribution >= 4 is 17.7 Å². The quantitative estimate of drug-likeness (QED) is 0.848. The van der Waals surface area contributed by atoms with Gasteiger partial charge in [-0.3, -0.25) is 14.4 Å². The van der Waals surface area contributed by atoms with Crippen molar-refractivity contribution in [1.82, 2.24) is 15.1 Å². The molecular formula is C21H19F2N3O3. The van der Waals surface area contributed by atoms with E-state index in [0.717, 1.165) is 11.6 Å². The lowest BCUT2D eigenvalue weighted by molar-refractivity contribution is -0.152. The molecule has 2 fully saturated rings. The van der Waals surface area contributed by atoms with E-state index in [1.54, 1.807) is 12.1 Å². The minimum absolute atomic E-state index is 0.0518. The lowest BCUT2D eigenvalue weighted by Crippen LogP contribution is -2.70. The van der Waals surface area contributed by atoms with E-state index in [9.17, 15) is 23.2 Å². The van der Waals surface area contributed by atoms with Crippen LogP contribution >= 0.6 is 0 Å². The second-order valence-electron chi connectivity index (χ2n) is 7.20. The van der Waals surface area contributed by atoms with Gasteiger partial charge in [0.15, 0.2) is 0 Å². The van der Waals surface area contributed by atoms with Gasteiger partial charge in [-0.2, -0.15) is 0 Å². The van der Waals surface area contributed by atoms with Crippen LogP contribution in [0.25, 0.3) is 0 Å². The lowest BCUT2D eigenvalue weighted by Gasteiger charge is -2.45. The van der Waals surface area contributed by atoms with Crippen LogP contribution < -0.4 is 5.32 Å². The Labute approximate surface area is 166 Å². The standard InChI is InChI=1S/C21H19F2N3O3/c22-15-6-4-13(5-7-15)10-17-21(29)26-9-8-25(12-18(26)19(27)24-17)20(28)14-2-1-3-16(23)11-14/h1-7,11,17-18H,8-10,12H2,(H,24,27). The van der Waals surface area contributed by atoms with Crippen molar-refractivity contribution < 1.29 is 23.2 Å². The second-order valence-corrected chi connectivity index (χ2v) is 7.20. The number of benzene rings is 2. The maximum atomic E-state index is 13.4. The summed E-state index contributed by atoms with van der Waals surface area (Å²) in [5, 5.41) is 2.71. The van der Waals surface area contributed by atoms with Crippen LogP contribution in [0.5, 0.6) is 0 Å². The Morgan fingerprint density at radius 2 is 1.79 bits per heavy atom. The minimum Gasteiger partial charge on any atom is -0.342 e. The summed E-state index contributed by atoms with van der Waals surface area (Å²) < 4.78 is 26.5. The van der Waals surface area contributed by atoms with Crippen LogP contribution in [0, 0.1) is 11.6 Å². The van der Waals surface area contributed by atoms with Crippen LogP contribution in [0.1, 0.15) is 15.9 Å². The molecule has 0 aromatic heterocycles. The van der Waals surface area contributed by atoms with E-state index in [2.05, 4.69) is 5.32 Å². The number of nitrogens with zero attached hydrogens (tertiary/aromatic N) is 2. The molecule has 3 amide bonds. The average Bonchev–Trinajstić information content (AvgIpc) is 2.72. The van der Waals surface area contributed by atoms with Crippen molar-refractivity contribution in [2.24, 2.45) is 0 Å². The number of carbonyl (C=O) groups excluding carboxylic acids is 3. The number of nitrogens with one attached hydrogen (secondary N) is 1. The van der Waals surface area contributed by atoms with E-state index in [0.29, 0.717) is 0 Å². The first-order chi connectivity index (χ1) is 13.9. The molecule has 29 heavy (non-hydrogen) atoms. The Morgan fingerprint density at radius 3 is 2.52 bits per heavy atom. The van der Waals surface area contributed by atoms with Crippen LogP contribution in [-0.4, -0.2) is 59.2 Å². The summed E-state index contributed by atoms with van der Waals surface area (Å²) in [5.41, 5.74) is 0.943. The molecule has 0 aliphatic carbocycles. The number of fused-ring (bicyclic) bond motifs is 1. The molecule has 1 N–H and O–H groups in total. The highest BCUT2D eigenvalue weighted by molar-refractivity contribution is 5.99. The van der Waals surface area contributed by atoms with Gasteiger partial charge in [0.05, 0.1) is 6.54 Å². The van der Waals surface area contributed by atoms with Crippen LogP contribution in [-0.2, 0) is 16.0 Å². The maximum Gasteiger partial charge on any atom is 0.254 e. The first-order valence-corrected chi connectivity index (χ1v) is 9.32. The van der Waals surface area contributed by atoms with Gasteiger partial charge in [-0.1, -0.05) is 18.2 Å². The Balaban J connectivity index is 1.46. The number of hydrogen-bond donors (Lipinski definition) is 1. The van der Waals surface area contributed by atoms with E-state index in [1.807, 2.05) is 0 Å². The van der Waals surface area contributed by atoms with E-state index in [-0.39, 0.29) is 55.2 Å². The van der Waals surface area contributed by atoms with Gasteiger partial charge in [-0.25, -0.2) is 8.78 Å². The van der Waals surface area contributed by atoms with Crippen molar-refractivity contribution in [3.05, 3.63) is 71.3 Å². The number of carbonyl (C=O) groups is 3. The summed E-state index contributed by atoms with van der Waals surface area (Å²) in [6.45, 7) is 0.530. The third-order valence-corrected chi connectivity index (χ3v) is 5.29. The van der Waals surface area contributed by atoms with Crippen molar-refractivity contribution in [2.45, 2.75) is 18.5 Å². The fraction of sp³-hybridized carbons (Fsp3) is 0.286.